The number of nitrogens with two attached hydrogens (primary N) is 1. The van der Waals surface area contributed by atoms with Gasteiger partial charge in [0.1, 0.15) is 0 Å². The van der Waals surface area contributed by atoms with Gasteiger partial charge in [0.25, 0.3) is 0 Å². The zero-order valence-corrected chi connectivity index (χ0v) is 19.3. The normalized spacial score (nSPS) is 14.4. The molecule has 0 spiro atoms. The lowest BCUT2D eigenvalue weighted by Gasteiger charge is -2.17. The van der Waals surface area contributed by atoms with Crippen molar-refractivity contribution in [3.05, 3.63) is 71.5 Å². The van der Waals surface area contributed by atoms with Crippen molar-refractivity contribution in [2.75, 3.05) is 25.1 Å². The summed E-state index contributed by atoms with van der Waals surface area (Å²) in [6.07, 6.45) is 4.51. The van der Waals surface area contributed by atoms with Crippen LogP contribution in [0.5, 0.6) is 11.5 Å². The van der Waals surface area contributed by atoms with Crippen LogP contribution < -0.4 is 20.5 Å². The third-order valence-corrected chi connectivity index (χ3v) is 4.81. The van der Waals surface area contributed by atoms with Crippen LogP contribution in [0.3, 0.4) is 0 Å². The van der Waals surface area contributed by atoms with Crippen molar-refractivity contribution >= 4 is 47.2 Å². The van der Waals surface area contributed by atoms with Gasteiger partial charge in [-0.1, -0.05) is 23.7 Å². The van der Waals surface area contributed by atoms with E-state index in [0.717, 1.165) is 23.4 Å². The zero-order valence-electron chi connectivity index (χ0n) is 16.2. The van der Waals surface area contributed by atoms with Crippen molar-refractivity contribution in [2.24, 2.45) is 10.7 Å². The van der Waals surface area contributed by atoms with Crippen molar-refractivity contribution in [3.63, 3.8) is 0 Å². The van der Waals surface area contributed by atoms with Crippen molar-refractivity contribution in [2.45, 2.75) is 12.5 Å². The average Bonchev–Trinajstić information content (AvgIpc) is 3.15. The quantitative estimate of drug-likeness (QED) is 0.286. The van der Waals surface area contributed by atoms with Gasteiger partial charge in [-0.05, 0) is 35.9 Å². The summed E-state index contributed by atoms with van der Waals surface area (Å²) < 4.78 is 13.2. The SMILES string of the molecule is I.NC(=NCC(c1ccc(Cl)cc1)n1cccn1)Nc1ccc2c(c1)OCCCO2. The van der Waals surface area contributed by atoms with Gasteiger partial charge in [-0.15, -0.1) is 24.0 Å². The molecule has 1 atom stereocenters. The molecule has 0 amide bonds. The van der Waals surface area contributed by atoms with Crippen LogP contribution >= 0.6 is 35.6 Å². The summed E-state index contributed by atoms with van der Waals surface area (Å²) in [6, 6.07) is 15.1. The number of ether oxygens (including phenoxy) is 2. The Bertz CT molecular complexity index is 980. The molecule has 0 saturated heterocycles. The Balaban J connectivity index is 0.00000256. The number of guanidine groups is 1. The highest BCUT2D eigenvalue weighted by Crippen LogP contribution is 2.32. The van der Waals surface area contributed by atoms with E-state index in [-0.39, 0.29) is 30.0 Å². The maximum atomic E-state index is 6.13. The molecule has 0 aliphatic carbocycles. The first-order valence-corrected chi connectivity index (χ1v) is 9.78. The van der Waals surface area contributed by atoms with Crippen LogP contribution in [0.4, 0.5) is 5.69 Å². The zero-order chi connectivity index (χ0) is 20.1. The summed E-state index contributed by atoms with van der Waals surface area (Å²) in [7, 11) is 0. The molecule has 3 aromatic rings. The number of aromatic nitrogens is 2. The van der Waals surface area contributed by atoms with Gasteiger partial charge < -0.3 is 20.5 Å². The van der Waals surface area contributed by atoms with Gasteiger partial charge in [-0.2, -0.15) is 5.10 Å². The van der Waals surface area contributed by atoms with Crippen LogP contribution in [0.1, 0.15) is 18.0 Å². The molecule has 0 saturated carbocycles. The molecule has 30 heavy (non-hydrogen) atoms. The van der Waals surface area contributed by atoms with Crippen molar-refractivity contribution < 1.29 is 9.47 Å². The number of nitrogens with zero attached hydrogens (tertiary/aromatic N) is 3. The molecule has 2 heterocycles. The Morgan fingerprint density at radius 3 is 2.67 bits per heavy atom. The monoisotopic (exact) mass is 539 g/mol. The molecule has 2 aromatic carbocycles. The van der Waals surface area contributed by atoms with Crippen molar-refractivity contribution in [1.82, 2.24) is 9.78 Å². The molecule has 0 radical (unpaired) electrons. The lowest BCUT2D eigenvalue weighted by molar-refractivity contribution is 0.297. The van der Waals surface area contributed by atoms with Gasteiger partial charge in [0.2, 0.25) is 0 Å². The van der Waals surface area contributed by atoms with E-state index in [2.05, 4.69) is 15.4 Å². The fourth-order valence-corrected chi connectivity index (χ4v) is 3.23. The predicted octanol–water partition coefficient (Wildman–Crippen LogP) is 4.33. The van der Waals surface area contributed by atoms with Gasteiger partial charge in [0.05, 0.1) is 25.8 Å². The minimum atomic E-state index is -0.0913. The second kappa shape index (κ2) is 10.5. The largest absolute Gasteiger partial charge is 0.490 e. The molecule has 7 nitrogen and oxygen atoms in total. The van der Waals surface area contributed by atoms with Crippen LogP contribution in [0.15, 0.2) is 65.9 Å². The number of hydrogen-bond acceptors (Lipinski definition) is 4. The summed E-state index contributed by atoms with van der Waals surface area (Å²) in [5.74, 6) is 1.76. The Morgan fingerprint density at radius 1 is 1.17 bits per heavy atom. The second-order valence-electron chi connectivity index (χ2n) is 6.62. The number of nitrogens with one attached hydrogen (secondary N) is 1. The van der Waals surface area contributed by atoms with Crippen LogP contribution in [0.25, 0.3) is 0 Å². The van der Waals surface area contributed by atoms with E-state index in [1.165, 1.54) is 0 Å². The Hall–Kier alpha value is -2.46. The van der Waals surface area contributed by atoms with E-state index in [4.69, 9.17) is 26.8 Å². The minimum absolute atomic E-state index is 0. The first-order chi connectivity index (χ1) is 14.2. The van der Waals surface area contributed by atoms with E-state index < -0.39 is 0 Å². The van der Waals surface area contributed by atoms with Crippen LogP contribution in [0, 0.1) is 0 Å². The summed E-state index contributed by atoms with van der Waals surface area (Å²) in [5.41, 5.74) is 7.97. The summed E-state index contributed by atoms with van der Waals surface area (Å²) in [5, 5.41) is 8.16. The fourth-order valence-electron chi connectivity index (χ4n) is 3.10. The number of hydrogen-bond donors (Lipinski definition) is 2. The summed E-state index contributed by atoms with van der Waals surface area (Å²) in [4.78, 5) is 4.52. The van der Waals surface area contributed by atoms with E-state index in [0.29, 0.717) is 36.5 Å². The first kappa shape index (κ1) is 22.2. The molecule has 1 aromatic heterocycles. The molecule has 1 aliphatic heterocycles. The van der Waals surface area contributed by atoms with Crippen LogP contribution in [-0.4, -0.2) is 35.5 Å². The van der Waals surface area contributed by atoms with Gasteiger partial charge in [-0.3, -0.25) is 9.67 Å². The summed E-state index contributed by atoms with van der Waals surface area (Å²) in [6.45, 7) is 1.71. The smallest absolute Gasteiger partial charge is 0.193 e. The average molecular weight is 540 g/mol. The number of halogens is 2. The van der Waals surface area contributed by atoms with E-state index >= 15 is 0 Å². The molecular formula is C21H23ClIN5O2. The highest BCUT2D eigenvalue weighted by molar-refractivity contribution is 14.0. The third-order valence-electron chi connectivity index (χ3n) is 4.55. The molecule has 0 fully saturated rings. The van der Waals surface area contributed by atoms with Gasteiger partial charge in [0.15, 0.2) is 17.5 Å². The third kappa shape index (κ3) is 5.57. The highest BCUT2D eigenvalue weighted by Gasteiger charge is 2.14. The number of fused-ring (bicyclic) bond motifs is 1. The minimum Gasteiger partial charge on any atom is -0.490 e. The molecule has 158 valence electrons. The predicted molar refractivity (Wildman–Crippen MR) is 129 cm³/mol. The van der Waals surface area contributed by atoms with Crippen LogP contribution in [0.2, 0.25) is 5.02 Å². The maximum absolute atomic E-state index is 6.13. The Labute approximate surface area is 197 Å². The second-order valence-corrected chi connectivity index (χ2v) is 7.05. The van der Waals surface area contributed by atoms with E-state index in [9.17, 15) is 0 Å². The molecular weight excluding hydrogens is 517 g/mol. The fraction of sp³-hybridized carbons (Fsp3) is 0.238. The molecule has 1 aliphatic rings. The van der Waals surface area contributed by atoms with Crippen molar-refractivity contribution in [3.8, 4) is 11.5 Å². The number of benzene rings is 2. The van der Waals surface area contributed by atoms with Crippen molar-refractivity contribution in [1.29, 1.82) is 0 Å². The number of aliphatic imine (C=N–C) groups is 1. The highest BCUT2D eigenvalue weighted by atomic mass is 127. The summed E-state index contributed by atoms with van der Waals surface area (Å²) >= 11 is 6.02. The van der Waals surface area contributed by atoms with Gasteiger partial charge in [-0.25, -0.2) is 0 Å². The Kier molecular flexibility index (Phi) is 7.81. The number of rotatable bonds is 5. The lowest BCUT2D eigenvalue weighted by Crippen LogP contribution is -2.25. The topological polar surface area (TPSA) is 86.7 Å². The van der Waals surface area contributed by atoms with E-state index in [1.807, 2.05) is 59.4 Å². The first-order valence-electron chi connectivity index (χ1n) is 9.40. The number of anilines is 1. The molecule has 1 unspecified atom stereocenters. The molecule has 9 heteroatoms. The molecule has 4 rings (SSSR count). The lowest BCUT2D eigenvalue weighted by atomic mass is 10.1. The molecule has 3 N–H and O–H groups in total. The van der Waals surface area contributed by atoms with Crippen LogP contribution in [-0.2, 0) is 0 Å². The Morgan fingerprint density at radius 2 is 1.93 bits per heavy atom. The van der Waals surface area contributed by atoms with Gasteiger partial charge in [0, 0.05) is 35.6 Å². The standard InChI is InChI=1S/C21H22ClN5O2.HI/c22-16-5-3-15(4-6-16)18(27-10-1-9-25-27)14-24-21(23)26-17-7-8-19-20(13-17)29-12-2-11-28-19;/h1,3-10,13,18H,2,11-12,14H2,(H3,23,24,26);1H. The van der Waals surface area contributed by atoms with Gasteiger partial charge >= 0.3 is 0 Å². The molecule has 0 bridgehead atoms. The van der Waals surface area contributed by atoms with E-state index in [1.54, 1.807) is 6.20 Å². The maximum Gasteiger partial charge on any atom is 0.193 e.